The van der Waals surface area contributed by atoms with E-state index < -0.39 is 0 Å². The normalized spacial score (nSPS) is 11.3. The van der Waals surface area contributed by atoms with Crippen molar-refractivity contribution in [3.63, 3.8) is 0 Å². The third-order valence-corrected chi connectivity index (χ3v) is 4.26. The predicted molar refractivity (Wildman–Crippen MR) is 96.7 cm³/mol. The summed E-state index contributed by atoms with van der Waals surface area (Å²) in [5.41, 5.74) is 4.96. The van der Waals surface area contributed by atoms with Crippen LogP contribution in [0.25, 0.3) is 44.7 Å². The van der Waals surface area contributed by atoms with Crippen LogP contribution >= 0.6 is 0 Å². The second kappa shape index (κ2) is 5.10. The molecule has 0 saturated carbocycles. The number of benzene rings is 3. The van der Waals surface area contributed by atoms with Crippen molar-refractivity contribution < 1.29 is 4.42 Å². The Morgan fingerprint density at radius 1 is 0.750 bits per heavy atom. The molecule has 2 heterocycles. The van der Waals surface area contributed by atoms with Gasteiger partial charge in [0.2, 0.25) is 0 Å². The molecule has 0 amide bonds. The number of furan rings is 1. The Morgan fingerprint density at radius 3 is 2.38 bits per heavy atom. The molecule has 0 radical (unpaired) electrons. The van der Waals surface area contributed by atoms with Gasteiger partial charge in [0.25, 0.3) is 0 Å². The van der Waals surface area contributed by atoms with E-state index in [9.17, 15) is 0 Å². The summed E-state index contributed by atoms with van der Waals surface area (Å²) in [6.45, 7) is 0. The van der Waals surface area contributed by atoms with Crippen LogP contribution in [0.2, 0.25) is 0 Å². The van der Waals surface area contributed by atoms with Gasteiger partial charge in [-0.15, -0.1) is 0 Å². The third kappa shape index (κ3) is 2.02. The Balaban J connectivity index is 1.72. The second-order valence-electron chi connectivity index (χ2n) is 5.80. The van der Waals surface area contributed by atoms with E-state index in [0.717, 1.165) is 44.7 Å². The highest BCUT2D eigenvalue weighted by atomic mass is 16.3. The highest BCUT2D eigenvalue weighted by Gasteiger charge is 2.14. The highest BCUT2D eigenvalue weighted by Crippen LogP contribution is 2.34. The molecule has 0 aliphatic carbocycles. The van der Waals surface area contributed by atoms with Gasteiger partial charge in [-0.3, -0.25) is 0 Å². The van der Waals surface area contributed by atoms with Crippen LogP contribution in [-0.4, -0.2) is 9.97 Å². The van der Waals surface area contributed by atoms with Gasteiger partial charge in [-0.2, -0.15) is 0 Å². The molecule has 3 heteroatoms. The molecule has 0 aliphatic rings. The van der Waals surface area contributed by atoms with Crippen molar-refractivity contribution in [3.8, 4) is 22.7 Å². The summed E-state index contributed by atoms with van der Waals surface area (Å²) < 4.78 is 6.05. The molecule has 3 nitrogen and oxygen atoms in total. The van der Waals surface area contributed by atoms with Crippen LogP contribution in [0.5, 0.6) is 0 Å². The Kier molecular flexibility index (Phi) is 2.79. The van der Waals surface area contributed by atoms with Crippen molar-refractivity contribution in [3.05, 3.63) is 78.9 Å². The van der Waals surface area contributed by atoms with Gasteiger partial charge < -0.3 is 9.40 Å². The maximum absolute atomic E-state index is 6.05. The summed E-state index contributed by atoms with van der Waals surface area (Å²) in [5, 5.41) is 1.10. The second-order valence-corrected chi connectivity index (χ2v) is 5.80. The van der Waals surface area contributed by atoms with Crippen LogP contribution in [0.3, 0.4) is 0 Å². The smallest absolute Gasteiger partial charge is 0.139 e. The first-order chi connectivity index (χ1) is 11.9. The Morgan fingerprint density at radius 2 is 1.50 bits per heavy atom. The quantitative estimate of drug-likeness (QED) is 0.458. The van der Waals surface area contributed by atoms with Crippen LogP contribution in [0.1, 0.15) is 0 Å². The van der Waals surface area contributed by atoms with Gasteiger partial charge in [0.1, 0.15) is 17.2 Å². The number of imidazole rings is 1. The van der Waals surface area contributed by atoms with Crippen LogP contribution in [0.4, 0.5) is 0 Å². The molecule has 0 fully saturated rings. The summed E-state index contributed by atoms with van der Waals surface area (Å²) >= 11 is 0. The molecule has 0 spiro atoms. The van der Waals surface area contributed by atoms with Gasteiger partial charge in [0.15, 0.2) is 0 Å². The van der Waals surface area contributed by atoms with Crippen molar-refractivity contribution in [2.45, 2.75) is 0 Å². The van der Waals surface area contributed by atoms with Crippen molar-refractivity contribution in [2.75, 3.05) is 0 Å². The lowest BCUT2D eigenvalue weighted by atomic mass is 10.0. The van der Waals surface area contributed by atoms with Crippen LogP contribution in [-0.2, 0) is 0 Å². The maximum Gasteiger partial charge on any atom is 0.139 e. The van der Waals surface area contributed by atoms with E-state index in [4.69, 9.17) is 9.40 Å². The molecule has 5 aromatic rings. The molecule has 0 bridgehead atoms. The Hall–Kier alpha value is -3.33. The number of rotatable bonds is 2. The monoisotopic (exact) mass is 310 g/mol. The van der Waals surface area contributed by atoms with Gasteiger partial charge in [0, 0.05) is 16.5 Å². The number of hydrogen-bond acceptors (Lipinski definition) is 2. The topological polar surface area (TPSA) is 41.8 Å². The van der Waals surface area contributed by atoms with E-state index in [0.29, 0.717) is 0 Å². The molecule has 5 rings (SSSR count). The van der Waals surface area contributed by atoms with E-state index in [1.807, 2.05) is 54.6 Å². The van der Waals surface area contributed by atoms with Gasteiger partial charge in [-0.05, 0) is 24.3 Å². The molecule has 24 heavy (non-hydrogen) atoms. The van der Waals surface area contributed by atoms with E-state index >= 15 is 0 Å². The first-order valence-corrected chi connectivity index (χ1v) is 7.91. The molecule has 1 N–H and O–H groups in total. The molecule has 0 saturated heterocycles. The number of para-hydroxylation sites is 3. The number of fused-ring (bicyclic) bond motifs is 2. The Labute approximate surface area is 138 Å². The van der Waals surface area contributed by atoms with Crippen molar-refractivity contribution in [1.29, 1.82) is 0 Å². The van der Waals surface area contributed by atoms with Gasteiger partial charge in [0.05, 0.1) is 11.0 Å². The molecule has 0 unspecified atom stereocenters. The van der Waals surface area contributed by atoms with E-state index in [1.165, 1.54) is 0 Å². The number of aromatic amines is 1. The fourth-order valence-corrected chi connectivity index (χ4v) is 3.10. The van der Waals surface area contributed by atoms with E-state index in [1.54, 1.807) is 0 Å². The first-order valence-electron chi connectivity index (χ1n) is 7.91. The number of nitrogens with one attached hydrogen (secondary N) is 1. The zero-order chi connectivity index (χ0) is 15.9. The van der Waals surface area contributed by atoms with Crippen molar-refractivity contribution in [1.82, 2.24) is 9.97 Å². The van der Waals surface area contributed by atoms with Crippen molar-refractivity contribution in [2.24, 2.45) is 0 Å². The van der Waals surface area contributed by atoms with Crippen LogP contribution < -0.4 is 0 Å². The van der Waals surface area contributed by atoms with Crippen molar-refractivity contribution >= 4 is 22.0 Å². The molecule has 0 aliphatic heterocycles. The number of nitrogens with zero attached hydrogens (tertiary/aromatic N) is 1. The zero-order valence-corrected chi connectivity index (χ0v) is 12.9. The first kappa shape index (κ1) is 13.1. The minimum absolute atomic E-state index is 0.854. The highest BCUT2D eigenvalue weighted by molar-refractivity contribution is 5.88. The van der Waals surface area contributed by atoms with Gasteiger partial charge in [-0.25, -0.2) is 4.98 Å². The van der Waals surface area contributed by atoms with E-state index in [-0.39, 0.29) is 0 Å². The van der Waals surface area contributed by atoms with Gasteiger partial charge in [-0.1, -0.05) is 54.6 Å². The van der Waals surface area contributed by atoms with Crippen LogP contribution in [0, 0.1) is 0 Å². The summed E-state index contributed by atoms with van der Waals surface area (Å²) in [5.74, 6) is 1.71. The number of hydrogen-bond donors (Lipinski definition) is 1. The average molecular weight is 310 g/mol. The molecular formula is C21H14N2O. The fraction of sp³-hybridized carbons (Fsp3) is 0. The minimum Gasteiger partial charge on any atom is -0.456 e. The summed E-state index contributed by atoms with van der Waals surface area (Å²) in [7, 11) is 0. The minimum atomic E-state index is 0.854. The maximum atomic E-state index is 6.05. The lowest BCUT2D eigenvalue weighted by Crippen LogP contribution is -1.85. The zero-order valence-electron chi connectivity index (χ0n) is 12.9. The van der Waals surface area contributed by atoms with E-state index in [2.05, 4.69) is 29.2 Å². The molecule has 3 aromatic carbocycles. The standard InChI is InChI=1S/C21H14N2O/c1-6-12-19-14(7-1)13-20(24-19)15-8-2-3-9-16(15)21-22-17-10-4-5-11-18(17)23-21/h1-13H,(H,22,23). The summed E-state index contributed by atoms with van der Waals surface area (Å²) in [4.78, 5) is 8.13. The summed E-state index contributed by atoms with van der Waals surface area (Å²) in [6, 6.07) is 26.4. The van der Waals surface area contributed by atoms with Gasteiger partial charge >= 0.3 is 0 Å². The lowest BCUT2D eigenvalue weighted by molar-refractivity contribution is 0.632. The number of aromatic nitrogens is 2. The van der Waals surface area contributed by atoms with Crippen LogP contribution in [0.15, 0.2) is 83.3 Å². The molecule has 0 atom stereocenters. The number of H-pyrrole nitrogens is 1. The third-order valence-electron chi connectivity index (χ3n) is 4.26. The molecular weight excluding hydrogens is 296 g/mol. The average Bonchev–Trinajstić information content (AvgIpc) is 3.25. The predicted octanol–water partition coefficient (Wildman–Crippen LogP) is 5.64. The molecule has 2 aromatic heterocycles. The SMILES string of the molecule is c1ccc(-c2cc3ccccc3o2)c(-c2nc3ccccc3[nH]2)c1. The Bertz CT molecular complexity index is 1010. The fourth-order valence-electron chi connectivity index (χ4n) is 3.10. The summed E-state index contributed by atoms with van der Waals surface area (Å²) in [6.07, 6.45) is 0. The molecule has 114 valence electrons. The largest absolute Gasteiger partial charge is 0.456 e. The lowest BCUT2D eigenvalue weighted by Gasteiger charge is -2.04.